The van der Waals surface area contributed by atoms with Crippen LogP contribution in [0.5, 0.6) is 0 Å². The number of nitrogens with one attached hydrogen (secondary N) is 1. The number of amides is 1. The normalized spacial score (nSPS) is 15.5. The maximum absolute atomic E-state index is 12.5. The number of benzene rings is 1. The van der Waals surface area contributed by atoms with E-state index in [1.54, 1.807) is 12.3 Å². The van der Waals surface area contributed by atoms with E-state index in [0.717, 1.165) is 43.1 Å². The first-order valence-corrected chi connectivity index (χ1v) is 7.90. The number of nitrogens with zero attached hydrogens (tertiary/aromatic N) is 3. The molecule has 3 rings (SSSR count). The van der Waals surface area contributed by atoms with Crippen LogP contribution in [0.15, 0.2) is 42.6 Å². The molecule has 2 heterocycles. The number of anilines is 2. The first-order chi connectivity index (χ1) is 11.1. The van der Waals surface area contributed by atoms with Gasteiger partial charge in [0, 0.05) is 32.4 Å². The number of para-hydroxylation sites is 2. The zero-order valence-corrected chi connectivity index (χ0v) is 13.6. The molecular formula is C18H22N4O. The Bertz CT molecular complexity index is 693. The van der Waals surface area contributed by atoms with Gasteiger partial charge in [0.1, 0.15) is 5.69 Å². The fraction of sp³-hybridized carbons (Fsp3) is 0.333. The Kier molecular flexibility index (Phi) is 4.57. The van der Waals surface area contributed by atoms with Crippen molar-refractivity contribution < 1.29 is 4.79 Å². The molecule has 1 N–H and O–H groups in total. The van der Waals surface area contributed by atoms with E-state index in [0.29, 0.717) is 5.69 Å². The second kappa shape index (κ2) is 6.79. The van der Waals surface area contributed by atoms with E-state index in [-0.39, 0.29) is 5.91 Å². The van der Waals surface area contributed by atoms with Crippen LogP contribution in [0.2, 0.25) is 0 Å². The molecule has 0 atom stereocenters. The van der Waals surface area contributed by atoms with Gasteiger partial charge in [0.2, 0.25) is 0 Å². The van der Waals surface area contributed by atoms with Crippen molar-refractivity contribution >= 4 is 17.3 Å². The fourth-order valence-electron chi connectivity index (χ4n) is 2.75. The molecule has 1 aliphatic heterocycles. The first kappa shape index (κ1) is 15.5. The molecule has 23 heavy (non-hydrogen) atoms. The van der Waals surface area contributed by atoms with Gasteiger partial charge in [-0.05, 0) is 43.8 Å². The highest BCUT2D eigenvalue weighted by Crippen LogP contribution is 2.26. The molecule has 0 radical (unpaired) electrons. The quantitative estimate of drug-likeness (QED) is 0.946. The SMILES string of the molecule is Cc1ccnc(C(=O)Nc2ccccc2N2CCN(C)CC2)c1. The standard InChI is InChI=1S/C18H22N4O/c1-14-7-8-19-16(13-14)18(23)20-15-5-3-4-6-17(15)22-11-9-21(2)10-12-22/h3-8,13H,9-12H2,1-2H3,(H,20,23). The van der Waals surface area contributed by atoms with Crippen LogP contribution >= 0.6 is 0 Å². The van der Waals surface area contributed by atoms with Gasteiger partial charge in [-0.15, -0.1) is 0 Å². The maximum atomic E-state index is 12.5. The molecule has 1 aromatic heterocycles. The number of aromatic nitrogens is 1. The van der Waals surface area contributed by atoms with Gasteiger partial charge in [0.25, 0.3) is 5.91 Å². The summed E-state index contributed by atoms with van der Waals surface area (Å²) in [5.74, 6) is -0.171. The Labute approximate surface area is 136 Å². The smallest absolute Gasteiger partial charge is 0.274 e. The summed E-state index contributed by atoms with van der Waals surface area (Å²) in [6.07, 6.45) is 1.66. The largest absolute Gasteiger partial charge is 0.367 e. The predicted molar refractivity (Wildman–Crippen MR) is 93.1 cm³/mol. The van der Waals surface area contributed by atoms with Gasteiger partial charge in [0.05, 0.1) is 11.4 Å². The van der Waals surface area contributed by atoms with E-state index in [2.05, 4.69) is 33.2 Å². The Hall–Kier alpha value is -2.40. The van der Waals surface area contributed by atoms with Crippen LogP contribution in [0.1, 0.15) is 16.1 Å². The van der Waals surface area contributed by atoms with Crippen LogP contribution in [0.4, 0.5) is 11.4 Å². The number of hydrogen-bond acceptors (Lipinski definition) is 4. The number of piperazine rings is 1. The third kappa shape index (κ3) is 3.68. The molecule has 0 aliphatic carbocycles. The molecule has 0 saturated carbocycles. The lowest BCUT2D eigenvalue weighted by Crippen LogP contribution is -2.44. The summed E-state index contributed by atoms with van der Waals surface area (Å²) >= 11 is 0. The van der Waals surface area contributed by atoms with E-state index in [1.807, 2.05) is 31.2 Å². The highest BCUT2D eigenvalue weighted by atomic mass is 16.1. The van der Waals surface area contributed by atoms with Gasteiger partial charge >= 0.3 is 0 Å². The fourth-order valence-corrected chi connectivity index (χ4v) is 2.75. The van der Waals surface area contributed by atoms with Crippen LogP contribution in [-0.4, -0.2) is 49.0 Å². The van der Waals surface area contributed by atoms with Crippen molar-refractivity contribution in [2.75, 3.05) is 43.4 Å². The van der Waals surface area contributed by atoms with Gasteiger partial charge in [-0.3, -0.25) is 9.78 Å². The molecule has 1 amide bonds. The van der Waals surface area contributed by atoms with E-state index in [9.17, 15) is 4.79 Å². The minimum atomic E-state index is -0.171. The molecule has 5 nitrogen and oxygen atoms in total. The zero-order valence-electron chi connectivity index (χ0n) is 13.6. The number of pyridine rings is 1. The van der Waals surface area contributed by atoms with Gasteiger partial charge in [-0.25, -0.2) is 0 Å². The molecule has 120 valence electrons. The Balaban J connectivity index is 1.79. The number of carbonyl (C=O) groups excluding carboxylic acids is 1. The van der Waals surface area contributed by atoms with Crippen molar-refractivity contribution in [3.05, 3.63) is 53.9 Å². The third-order valence-corrected chi connectivity index (χ3v) is 4.14. The highest BCUT2D eigenvalue weighted by Gasteiger charge is 2.18. The number of likely N-dealkylation sites (N-methyl/N-ethyl adjacent to an activating group) is 1. The van der Waals surface area contributed by atoms with Crippen LogP contribution in [0, 0.1) is 6.92 Å². The molecule has 2 aromatic rings. The third-order valence-electron chi connectivity index (χ3n) is 4.14. The average molecular weight is 310 g/mol. The second-order valence-corrected chi connectivity index (χ2v) is 5.98. The number of carbonyl (C=O) groups is 1. The summed E-state index contributed by atoms with van der Waals surface area (Å²) in [6.45, 7) is 5.94. The maximum Gasteiger partial charge on any atom is 0.274 e. The molecule has 0 bridgehead atoms. The summed E-state index contributed by atoms with van der Waals surface area (Å²) in [7, 11) is 2.13. The lowest BCUT2D eigenvalue weighted by Gasteiger charge is -2.35. The molecule has 5 heteroatoms. The van der Waals surface area contributed by atoms with Crippen LogP contribution < -0.4 is 10.2 Å². The molecule has 1 aromatic carbocycles. The Morgan fingerprint density at radius 1 is 1.13 bits per heavy atom. The molecule has 1 saturated heterocycles. The lowest BCUT2D eigenvalue weighted by atomic mass is 10.2. The predicted octanol–water partition coefficient (Wildman–Crippen LogP) is 2.39. The minimum Gasteiger partial charge on any atom is -0.367 e. The van der Waals surface area contributed by atoms with Crippen molar-refractivity contribution in [3.8, 4) is 0 Å². The van der Waals surface area contributed by atoms with Crippen LogP contribution in [0.3, 0.4) is 0 Å². The van der Waals surface area contributed by atoms with Crippen molar-refractivity contribution in [1.82, 2.24) is 9.88 Å². The van der Waals surface area contributed by atoms with Gasteiger partial charge in [-0.2, -0.15) is 0 Å². The average Bonchev–Trinajstić information content (AvgIpc) is 2.56. The summed E-state index contributed by atoms with van der Waals surface area (Å²) in [5.41, 5.74) is 3.38. The number of aryl methyl sites for hydroxylation is 1. The number of rotatable bonds is 3. The monoisotopic (exact) mass is 310 g/mol. The Morgan fingerprint density at radius 2 is 1.87 bits per heavy atom. The minimum absolute atomic E-state index is 0.171. The summed E-state index contributed by atoms with van der Waals surface area (Å²) in [6, 6.07) is 11.6. The summed E-state index contributed by atoms with van der Waals surface area (Å²) < 4.78 is 0. The van der Waals surface area contributed by atoms with Gasteiger partial charge < -0.3 is 15.1 Å². The van der Waals surface area contributed by atoms with E-state index in [4.69, 9.17) is 0 Å². The Morgan fingerprint density at radius 3 is 2.61 bits per heavy atom. The van der Waals surface area contributed by atoms with E-state index in [1.165, 1.54) is 0 Å². The molecule has 0 spiro atoms. The molecule has 0 unspecified atom stereocenters. The lowest BCUT2D eigenvalue weighted by molar-refractivity contribution is 0.102. The summed E-state index contributed by atoms with van der Waals surface area (Å²) in [4.78, 5) is 21.2. The van der Waals surface area contributed by atoms with E-state index >= 15 is 0 Å². The van der Waals surface area contributed by atoms with Crippen molar-refractivity contribution in [2.45, 2.75) is 6.92 Å². The molecule has 1 aliphatic rings. The second-order valence-electron chi connectivity index (χ2n) is 5.98. The zero-order chi connectivity index (χ0) is 16.2. The topological polar surface area (TPSA) is 48.5 Å². The van der Waals surface area contributed by atoms with Gasteiger partial charge in [0.15, 0.2) is 0 Å². The van der Waals surface area contributed by atoms with Gasteiger partial charge in [-0.1, -0.05) is 12.1 Å². The number of hydrogen-bond donors (Lipinski definition) is 1. The molecular weight excluding hydrogens is 288 g/mol. The van der Waals surface area contributed by atoms with Crippen molar-refractivity contribution in [3.63, 3.8) is 0 Å². The van der Waals surface area contributed by atoms with Crippen molar-refractivity contribution in [1.29, 1.82) is 0 Å². The first-order valence-electron chi connectivity index (χ1n) is 7.90. The van der Waals surface area contributed by atoms with E-state index < -0.39 is 0 Å². The highest BCUT2D eigenvalue weighted by molar-refractivity contribution is 6.04. The summed E-state index contributed by atoms with van der Waals surface area (Å²) in [5, 5.41) is 3.01. The molecule has 1 fully saturated rings. The van der Waals surface area contributed by atoms with Crippen LogP contribution in [-0.2, 0) is 0 Å². The van der Waals surface area contributed by atoms with Crippen molar-refractivity contribution in [2.24, 2.45) is 0 Å². The van der Waals surface area contributed by atoms with Crippen LogP contribution in [0.25, 0.3) is 0 Å².